The lowest BCUT2D eigenvalue weighted by Crippen LogP contribution is -2.37. The summed E-state index contributed by atoms with van der Waals surface area (Å²) in [5.41, 5.74) is 0. The highest BCUT2D eigenvalue weighted by atomic mass is 16.6. The number of hydrogen-bond acceptors (Lipinski definition) is 3. The molecule has 0 aromatic carbocycles. The SMILES string of the molecule is O=[N+]([O-])CCCCCN1CCC1. The van der Waals surface area contributed by atoms with Crippen LogP contribution in [0.15, 0.2) is 0 Å². The Morgan fingerprint density at radius 3 is 2.50 bits per heavy atom. The van der Waals surface area contributed by atoms with Gasteiger partial charge in [-0.25, -0.2) is 0 Å². The number of hydrogen-bond donors (Lipinski definition) is 0. The van der Waals surface area contributed by atoms with Crippen molar-refractivity contribution in [3.05, 3.63) is 10.1 Å². The van der Waals surface area contributed by atoms with Gasteiger partial charge in [-0.3, -0.25) is 10.1 Å². The van der Waals surface area contributed by atoms with Crippen LogP contribution in [0, 0.1) is 10.1 Å². The van der Waals surface area contributed by atoms with Gasteiger partial charge in [-0.05, 0) is 38.9 Å². The van der Waals surface area contributed by atoms with Crippen molar-refractivity contribution in [2.45, 2.75) is 25.7 Å². The summed E-state index contributed by atoms with van der Waals surface area (Å²) in [6.07, 6.45) is 4.18. The number of likely N-dealkylation sites (tertiary alicyclic amines) is 1. The lowest BCUT2D eigenvalue weighted by molar-refractivity contribution is -0.480. The second kappa shape index (κ2) is 5.09. The Balaban J connectivity index is 1.79. The number of rotatable bonds is 6. The molecule has 1 rings (SSSR count). The van der Waals surface area contributed by atoms with Crippen molar-refractivity contribution in [3.8, 4) is 0 Å². The van der Waals surface area contributed by atoms with Gasteiger partial charge in [0.05, 0.1) is 0 Å². The molecule has 0 radical (unpaired) electrons. The lowest BCUT2D eigenvalue weighted by Gasteiger charge is -2.30. The fraction of sp³-hybridized carbons (Fsp3) is 1.00. The van der Waals surface area contributed by atoms with Crippen LogP contribution in [0.25, 0.3) is 0 Å². The van der Waals surface area contributed by atoms with Crippen LogP contribution in [0.2, 0.25) is 0 Å². The van der Waals surface area contributed by atoms with Crippen molar-refractivity contribution in [2.75, 3.05) is 26.2 Å². The van der Waals surface area contributed by atoms with E-state index in [1.807, 2.05) is 0 Å². The minimum Gasteiger partial charge on any atom is -0.303 e. The predicted molar refractivity (Wildman–Crippen MR) is 46.8 cm³/mol. The third-order valence-corrected chi connectivity index (χ3v) is 2.26. The second-order valence-corrected chi connectivity index (χ2v) is 3.31. The van der Waals surface area contributed by atoms with Crippen molar-refractivity contribution in [1.82, 2.24) is 4.90 Å². The molecule has 1 aliphatic heterocycles. The molecule has 0 atom stereocenters. The standard InChI is InChI=1S/C8H16N2O2/c11-10(12)8-3-1-2-5-9-6-4-7-9/h1-8H2. The van der Waals surface area contributed by atoms with E-state index >= 15 is 0 Å². The van der Waals surface area contributed by atoms with E-state index in [9.17, 15) is 10.1 Å². The van der Waals surface area contributed by atoms with Crippen LogP contribution in [0.1, 0.15) is 25.7 Å². The first-order chi connectivity index (χ1) is 5.79. The summed E-state index contributed by atoms with van der Waals surface area (Å²) in [5.74, 6) is 0. The number of nitro groups is 1. The van der Waals surface area contributed by atoms with Gasteiger partial charge in [0.1, 0.15) is 0 Å². The molecule has 1 fully saturated rings. The van der Waals surface area contributed by atoms with Crippen LogP contribution in [0.5, 0.6) is 0 Å². The van der Waals surface area contributed by atoms with Crippen LogP contribution < -0.4 is 0 Å². The highest BCUT2D eigenvalue weighted by Gasteiger charge is 2.11. The van der Waals surface area contributed by atoms with Crippen molar-refractivity contribution in [2.24, 2.45) is 0 Å². The van der Waals surface area contributed by atoms with E-state index < -0.39 is 0 Å². The Hall–Kier alpha value is -0.640. The fourth-order valence-corrected chi connectivity index (χ4v) is 1.36. The van der Waals surface area contributed by atoms with Gasteiger partial charge in [0, 0.05) is 11.3 Å². The van der Waals surface area contributed by atoms with Crippen LogP contribution in [0.3, 0.4) is 0 Å². The minimum atomic E-state index is -0.233. The first kappa shape index (κ1) is 9.45. The largest absolute Gasteiger partial charge is 0.303 e. The Labute approximate surface area is 72.7 Å². The molecule has 0 N–H and O–H groups in total. The molecule has 4 nitrogen and oxygen atoms in total. The molecule has 0 bridgehead atoms. The second-order valence-electron chi connectivity index (χ2n) is 3.31. The molecule has 0 aromatic rings. The molecule has 1 saturated heterocycles. The molecular weight excluding hydrogens is 156 g/mol. The summed E-state index contributed by atoms with van der Waals surface area (Å²) >= 11 is 0. The lowest BCUT2D eigenvalue weighted by atomic mass is 10.2. The molecule has 12 heavy (non-hydrogen) atoms. The predicted octanol–water partition coefficient (Wildman–Crippen LogP) is 1.14. The van der Waals surface area contributed by atoms with Crippen LogP contribution in [0.4, 0.5) is 0 Å². The zero-order valence-corrected chi connectivity index (χ0v) is 7.37. The van der Waals surface area contributed by atoms with Gasteiger partial charge < -0.3 is 4.90 Å². The van der Waals surface area contributed by atoms with Gasteiger partial charge in [0.15, 0.2) is 0 Å². The molecule has 1 heterocycles. The average molecular weight is 172 g/mol. The van der Waals surface area contributed by atoms with Crippen molar-refractivity contribution >= 4 is 0 Å². The Bertz CT molecular complexity index is 146. The normalized spacial score (nSPS) is 17.3. The monoisotopic (exact) mass is 172 g/mol. The Morgan fingerprint density at radius 2 is 2.00 bits per heavy atom. The molecule has 4 heteroatoms. The first-order valence-corrected chi connectivity index (χ1v) is 4.63. The van der Waals surface area contributed by atoms with E-state index in [0.717, 1.165) is 25.8 Å². The molecule has 0 spiro atoms. The quantitative estimate of drug-likeness (QED) is 0.343. The van der Waals surface area contributed by atoms with Gasteiger partial charge >= 0.3 is 0 Å². The molecule has 70 valence electrons. The maximum absolute atomic E-state index is 9.96. The van der Waals surface area contributed by atoms with Gasteiger partial charge in [-0.2, -0.15) is 0 Å². The van der Waals surface area contributed by atoms with Crippen molar-refractivity contribution in [3.63, 3.8) is 0 Å². The molecule has 0 aromatic heterocycles. The van der Waals surface area contributed by atoms with Gasteiger partial charge in [-0.15, -0.1) is 0 Å². The smallest absolute Gasteiger partial charge is 0.203 e. The summed E-state index contributed by atoms with van der Waals surface area (Å²) in [5, 5.41) is 9.96. The van der Waals surface area contributed by atoms with E-state index in [1.165, 1.54) is 19.5 Å². The van der Waals surface area contributed by atoms with E-state index in [4.69, 9.17) is 0 Å². The Kier molecular flexibility index (Phi) is 4.00. The summed E-state index contributed by atoms with van der Waals surface area (Å²) < 4.78 is 0. The highest BCUT2D eigenvalue weighted by Crippen LogP contribution is 2.07. The summed E-state index contributed by atoms with van der Waals surface area (Å²) in [6.45, 7) is 3.74. The molecule has 1 aliphatic rings. The number of unbranched alkanes of at least 4 members (excludes halogenated alkanes) is 2. The molecule has 0 amide bonds. The molecule has 0 saturated carbocycles. The van der Waals surface area contributed by atoms with E-state index in [1.54, 1.807) is 0 Å². The van der Waals surface area contributed by atoms with Gasteiger partial charge in [0.25, 0.3) is 0 Å². The van der Waals surface area contributed by atoms with E-state index in [2.05, 4.69) is 4.90 Å². The third kappa shape index (κ3) is 3.67. The maximum atomic E-state index is 9.96. The van der Waals surface area contributed by atoms with E-state index in [-0.39, 0.29) is 11.5 Å². The summed E-state index contributed by atoms with van der Waals surface area (Å²) in [6, 6.07) is 0. The molecular formula is C8H16N2O2. The van der Waals surface area contributed by atoms with Crippen LogP contribution in [-0.2, 0) is 0 Å². The molecule has 0 aliphatic carbocycles. The van der Waals surface area contributed by atoms with Gasteiger partial charge in [-0.1, -0.05) is 0 Å². The third-order valence-electron chi connectivity index (χ3n) is 2.26. The fourth-order valence-electron chi connectivity index (χ4n) is 1.36. The summed E-state index contributed by atoms with van der Waals surface area (Å²) in [7, 11) is 0. The zero-order valence-electron chi connectivity index (χ0n) is 7.37. The average Bonchev–Trinajstić information content (AvgIpc) is 1.92. The number of nitrogens with zero attached hydrogens (tertiary/aromatic N) is 2. The van der Waals surface area contributed by atoms with Crippen LogP contribution >= 0.6 is 0 Å². The van der Waals surface area contributed by atoms with Crippen molar-refractivity contribution < 1.29 is 4.92 Å². The van der Waals surface area contributed by atoms with Gasteiger partial charge in [0.2, 0.25) is 6.54 Å². The van der Waals surface area contributed by atoms with Crippen LogP contribution in [-0.4, -0.2) is 36.0 Å². The maximum Gasteiger partial charge on any atom is 0.203 e. The topological polar surface area (TPSA) is 46.4 Å². The Morgan fingerprint density at radius 1 is 1.25 bits per heavy atom. The summed E-state index contributed by atoms with van der Waals surface area (Å²) in [4.78, 5) is 12.1. The highest BCUT2D eigenvalue weighted by molar-refractivity contribution is 4.67. The van der Waals surface area contributed by atoms with E-state index in [0.29, 0.717) is 0 Å². The van der Waals surface area contributed by atoms with Crippen molar-refractivity contribution in [1.29, 1.82) is 0 Å². The minimum absolute atomic E-state index is 0.139. The molecule has 0 unspecified atom stereocenters. The zero-order chi connectivity index (χ0) is 8.81. The first-order valence-electron chi connectivity index (χ1n) is 4.63.